The van der Waals surface area contributed by atoms with Crippen molar-refractivity contribution in [2.24, 2.45) is 20.5 Å². The Hall–Kier alpha value is -7.38. The maximum absolute atomic E-state index is 11.8. The average Bonchev–Trinajstić information content (AvgIpc) is 3.16. The molecular formula is C39H32N8O5. The lowest BCUT2D eigenvalue weighted by Crippen LogP contribution is -2.41. The first kappa shape index (κ1) is 35.9. The number of anilines is 2. The first-order valence-corrected chi connectivity index (χ1v) is 15.8. The van der Waals surface area contributed by atoms with Crippen molar-refractivity contribution in [3.8, 4) is 17.9 Å². The van der Waals surface area contributed by atoms with Crippen molar-refractivity contribution in [3.05, 3.63) is 138 Å². The molecule has 0 atom stereocenters. The Labute approximate surface area is 299 Å². The molecule has 0 heterocycles. The molecule has 0 amide bonds. The SMILES string of the molecule is CN(CC(CN(C)c1ccc(N=Nc2ccc(C#N)cc2)cc1)Oc1cc(C(=O)O)cc(C(=O)O)c1)c1ccc(N=Nc2ccc(C#N)cc2)cc1. The number of azo groups is 2. The van der Waals surface area contributed by atoms with Gasteiger partial charge in [0.2, 0.25) is 0 Å². The fraction of sp³-hybridized carbons (Fsp3) is 0.128. The third-order valence-corrected chi connectivity index (χ3v) is 7.79. The monoisotopic (exact) mass is 692 g/mol. The van der Waals surface area contributed by atoms with Crippen molar-refractivity contribution in [2.75, 3.05) is 37.0 Å². The molecule has 258 valence electrons. The minimum absolute atomic E-state index is 0.112. The third kappa shape index (κ3) is 9.84. The summed E-state index contributed by atoms with van der Waals surface area (Å²) in [4.78, 5) is 27.5. The highest BCUT2D eigenvalue weighted by Gasteiger charge is 2.20. The van der Waals surface area contributed by atoms with Gasteiger partial charge in [0.1, 0.15) is 11.9 Å². The van der Waals surface area contributed by atoms with Crippen LogP contribution in [0, 0.1) is 22.7 Å². The van der Waals surface area contributed by atoms with E-state index in [-0.39, 0.29) is 16.9 Å². The second kappa shape index (κ2) is 16.8. The van der Waals surface area contributed by atoms with Crippen molar-refractivity contribution in [2.45, 2.75) is 6.10 Å². The summed E-state index contributed by atoms with van der Waals surface area (Å²) in [6.07, 6.45) is -0.563. The lowest BCUT2D eigenvalue weighted by atomic mass is 10.1. The van der Waals surface area contributed by atoms with E-state index >= 15 is 0 Å². The minimum Gasteiger partial charge on any atom is -0.487 e. The van der Waals surface area contributed by atoms with Crippen LogP contribution in [0.1, 0.15) is 31.8 Å². The van der Waals surface area contributed by atoms with E-state index < -0.39 is 18.0 Å². The summed E-state index contributed by atoms with van der Waals surface area (Å²) in [6, 6.07) is 36.2. The normalized spacial score (nSPS) is 11.5. The molecule has 5 aromatic rings. The summed E-state index contributed by atoms with van der Waals surface area (Å²) in [6.45, 7) is 0.681. The zero-order valence-corrected chi connectivity index (χ0v) is 28.2. The molecule has 0 aromatic heterocycles. The summed E-state index contributed by atoms with van der Waals surface area (Å²) in [5, 5.41) is 54.2. The summed E-state index contributed by atoms with van der Waals surface area (Å²) in [7, 11) is 3.77. The fourth-order valence-electron chi connectivity index (χ4n) is 5.04. The Morgan fingerprint density at radius 3 is 1.23 bits per heavy atom. The zero-order chi connectivity index (χ0) is 37.0. The predicted molar refractivity (Wildman–Crippen MR) is 195 cm³/mol. The van der Waals surface area contributed by atoms with E-state index in [1.807, 2.05) is 72.4 Å². The van der Waals surface area contributed by atoms with Crippen LogP contribution in [0.5, 0.6) is 5.75 Å². The number of carboxylic acid groups (broad SMARTS) is 2. The quantitative estimate of drug-likeness (QED) is 0.107. The zero-order valence-electron chi connectivity index (χ0n) is 28.2. The fourth-order valence-corrected chi connectivity index (χ4v) is 5.04. The number of nitrogens with zero attached hydrogens (tertiary/aromatic N) is 8. The highest BCUT2D eigenvalue weighted by Crippen LogP contribution is 2.26. The topological polar surface area (TPSA) is 187 Å². The van der Waals surface area contributed by atoms with Gasteiger partial charge in [-0.2, -0.15) is 31.0 Å². The maximum atomic E-state index is 11.8. The van der Waals surface area contributed by atoms with E-state index in [9.17, 15) is 19.8 Å². The van der Waals surface area contributed by atoms with Gasteiger partial charge in [-0.15, -0.1) is 0 Å². The molecule has 5 aromatic carbocycles. The van der Waals surface area contributed by atoms with Crippen LogP contribution < -0.4 is 14.5 Å². The van der Waals surface area contributed by atoms with Gasteiger partial charge in [0.15, 0.2) is 0 Å². The number of carboxylic acids is 2. The molecule has 0 spiro atoms. The maximum Gasteiger partial charge on any atom is 0.335 e. The second-order valence-electron chi connectivity index (χ2n) is 11.6. The van der Waals surface area contributed by atoms with Crippen molar-refractivity contribution >= 4 is 46.1 Å². The molecule has 5 rings (SSSR count). The summed E-state index contributed by atoms with van der Waals surface area (Å²) in [5.41, 5.74) is 4.84. The molecule has 0 unspecified atom stereocenters. The van der Waals surface area contributed by atoms with E-state index in [0.29, 0.717) is 47.0 Å². The van der Waals surface area contributed by atoms with Crippen molar-refractivity contribution in [1.29, 1.82) is 10.5 Å². The van der Waals surface area contributed by atoms with E-state index in [0.717, 1.165) is 17.4 Å². The number of hydrogen-bond donors (Lipinski definition) is 2. The van der Waals surface area contributed by atoms with Gasteiger partial charge in [-0.1, -0.05) is 0 Å². The molecule has 0 fully saturated rings. The number of aromatic carboxylic acids is 2. The van der Waals surface area contributed by atoms with Gasteiger partial charge < -0.3 is 24.7 Å². The van der Waals surface area contributed by atoms with Crippen LogP contribution in [0.3, 0.4) is 0 Å². The van der Waals surface area contributed by atoms with Crippen LogP contribution in [0.4, 0.5) is 34.1 Å². The number of ether oxygens (including phenoxy) is 1. The van der Waals surface area contributed by atoms with E-state index in [1.165, 1.54) is 12.1 Å². The average molecular weight is 693 g/mol. The number of benzene rings is 5. The number of rotatable bonds is 14. The first-order valence-electron chi connectivity index (χ1n) is 15.8. The molecular weight excluding hydrogens is 660 g/mol. The number of likely N-dealkylation sites (N-methyl/N-ethyl adjacent to an activating group) is 2. The molecule has 0 bridgehead atoms. The van der Waals surface area contributed by atoms with Gasteiger partial charge in [-0.25, -0.2) is 9.59 Å². The van der Waals surface area contributed by atoms with Gasteiger partial charge in [0, 0.05) is 25.5 Å². The standard InChI is InChI=1S/C39H32N8O5/c1-46(34-15-11-32(12-16-34)44-42-30-7-3-26(22-40)4-8-30)24-37(52-36-20-28(38(48)49)19-29(21-36)39(50)51)25-47(2)35-17-13-33(14-18-35)45-43-31-9-5-27(23-41)6-10-31/h3-21,37H,24-25H2,1-2H3,(H,48,49)(H,50,51). The largest absolute Gasteiger partial charge is 0.487 e. The summed E-state index contributed by atoms with van der Waals surface area (Å²) >= 11 is 0. The Bertz CT molecular complexity index is 2020. The molecule has 0 saturated heterocycles. The van der Waals surface area contributed by atoms with Gasteiger partial charge >= 0.3 is 11.9 Å². The lowest BCUT2D eigenvalue weighted by molar-refractivity contribution is 0.0696. The van der Waals surface area contributed by atoms with E-state index in [2.05, 4.69) is 32.6 Å². The molecule has 0 radical (unpaired) electrons. The molecule has 13 heteroatoms. The number of nitriles is 2. The minimum atomic E-state index is -1.27. The highest BCUT2D eigenvalue weighted by atomic mass is 16.5. The van der Waals surface area contributed by atoms with Gasteiger partial charge in [-0.3, -0.25) is 0 Å². The van der Waals surface area contributed by atoms with Gasteiger partial charge in [0.25, 0.3) is 0 Å². The predicted octanol–water partition coefficient (Wildman–Crippen LogP) is 8.68. The summed E-state index contributed by atoms with van der Waals surface area (Å²) < 4.78 is 6.32. The van der Waals surface area contributed by atoms with Crippen molar-refractivity contribution in [3.63, 3.8) is 0 Å². The lowest BCUT2D eigenvalue weighted by Gasteiger charge is -2.31. The molecule has 0 aliphatic heterocycles. The summed E-state index contributed by atoms with van der Waals surface area (Å²) in [5.74, 6) is -2.43. The van der Waals surface area contributed by atoms with Crippen LogP contribution >= 0.6 is 0 Å². The Morgan fingerprint density at radius 1 is 0.596 bits per heavy atom. The Kier molecular flexibility index (Phi) is 11.6. The van der Waals surface area contributed by atoms with Crippen LogP contribution in [0.25, 0.3) is 0 Å². The molecule has 2 N–H and O–H groups in total. The van der Waals surface area contributed by atoms with Crippen molar-refractivity contribution in [1.82, 2.24) is 0 Å². The van der Waals surface area contributed by atoms with Crippen LogP contribution in [0.15, 0.2) is 136 Å². The smallest absolute Gasteiger partial charge is 0.335 e. The highest BCUT2D eigenvalue weighted by molar-refractivity contribution is 5.94. The van der Waals surface area contributed by atoms with Crippen LogP contribution in [-0.2, 0) is 0 Å². The molecule has 0 saturated carbocycles. The van der Waals surface area contributed by atoms with Gasteiger partial charge in [-0.05, 0) is 115 Å². The van der Waals surface area contributed by atoms with Crippen molar-refractivity contribution < 1.29 is 24.5 Å². The Balaban J connectivity index is 1.32. The third-order valence-electron chi connectivity index (χ3n) is 7.79. The van der Waals surface area contributed by atoms with Crippen LogP contribution in [0.2, 0.25) is 0 Å². The molecule has 0 aliphatic carbocycles. The van der Waals surface area contributed by atoms with Crippen LogP contribution in [-0.4, -0.2) is 55.4 Å². The molecule has 13 nitrogen and oxygen atoms in total. The van der Waals surface area contributed by atoms with E-state index in [4.69, 9.17) is 15.3 Å². The number of hydrogen-bond acceptors (Lipinski definition) is 11. The second-order valence-corrected chi connectivity index (χ2v) is 11.6. The van der Waals surface area contributed by atoms with Gasteiger partial charge in [0.05, 0.1) is 70.2 Å². The molecule has 52 heavy (non-hydrogen) atoms. The van der Waals surface area contributed by atoms with E-state index in [1.54, 1.807) is 48.5 Å². The first-order chi connectivity index (χ1) is 25.1. The molecule has 0 aliphatic rings. The Morgan fingerprint density at radius 2 is 0.923 bits per heavy atom. The number of carbonyl (C=O) groups is 2.